The number of anilines is 1. The molecule has 1 fully saturated rings. The summed E-state index contributed by atoms with van der Waals surface area (Å²) < 4.78 is 21.1. The number of esters is 1. The van der Waals surface area contributed by atoms with Gasteiger partial charge in [0.1, 0.15) is 0 Å². The molecule has 0 spiro atoms. The summed E-state index contributed by atoms with van der Waals surface area (Å²) in [6.07, 6.45) is 1.68. The van der Waals surface area contributed by atoms with E-state index >= 15 is 0 Å². The number of methoxy groups -OCH3 is 2. The maximum Gasteiger partial charge on any atom is 0.338 e. The fourth-order valence-electron chi connectivity index (χ4n) is 4.16. The molecule has 36 heavy (non-hydrogen) atoms. The molecule has 2 aromatic carbocycles. The van der Waals surface area contributed by atoms with E-state index < -0.39 is 0 Å². The second-order valence-corrected chi connectivity index (χ2v) is 8.44. The van der Waals surface area contributed by atoms with Gasteiger partial charge in [-0.05, 0) is 68.8 Å². The highest BCUT2D eigenvalue weighted by Gasteiger charge is 2.27. The summed E-state index contributed by atoms with van der Waals surface area (Å²) in [7, 11) is 3.16. The summed E-state index contributed by atoms with van der Waals surface area (Å²) in [5.41, 5.74) is 1.85. The van der Waals surface area contributed by atoms with Crippen LogP contribution in [-0.2, 0) is 16.1 Å². The van der Waals surface area contributed by atoms with Crippen LogP contribution in [0.5, 0.6) is 11.5 Å². The number of aromatic nitrogens is 2. The Balaban J connectivity index is 1.34. The quantitative estimate of drug-likeness (QED) is 0.444. The van der Waals surface area contributed by atoms with Gasteiger partial charge in [0.25, 0.3) is 0 Å². The normalized spacial score (nSPS) is 15.8. The SMILES string of the molecule is CCOC(=O)c1ccc(NC(=O)C2CCCN(Cc3nc(-c4ccc(OC)c(OC)c4)no3)C2)cc1. The van der Waals surface area contributed by atoms with Crippen molar-refractivity contribution in [3.63, 3.8) is 0 Å². The summed E-state index contributed by atoms with van der Waals surface area (Å²) >= 11 is 0. The first-order chi connectivity index (χ1) is 17.5. The second kappa shape index (κ2) is 11.7. The van der Waals surface area contributed by atoms with Crippen molar-refractivity contribution in [2.24, 2.45) is 5.92 Å². The number of hydrogen-bond donors (Lipinski definition) is 1. The van der Waals surface area contributed by atoms with Gasteiger partial charge in [-0.3, -0.25) is 9.69 Å². The highest BCUT2D eigenvalue weighted by atomic mass is 16.5. The first-order valence-corrected chi connectivity index (χ1v) is 11.9. The predicted molar refractivity (Wildman–Crippen MR) is 132 cm³/mol. The number of piperidine rings is 1. The lowest BCUT2D eigenvalue weighted by Crippen LogP contribution is -2.40. The highest BCUT2D eigenvalue weighted by Crippen LogP contribution is 2.31. The molecular formula is C26H30N4O6. The molecule has 190 valence electrons. The van der Waals surface area contributed by atoms with E-state index in [0.717, 1.165) is 24.9 Å². The van der Waals surface area contributed by atoms with Crippen molar-refractivity contribution in [1.29, 1.82) is 0 Å². The van der Waals surface area contributed by atoms with Crippen molar-refractivity contribution >= 4 is 17.6 Å². The zero-order valence-electron chi connectivity index (χ0n) is 20.7. The Bertz CT molecular complexity index is 1190. The van der Waals surface area contributed by atoms with Gasteiger partial charge >= 0.3 is 5.97 Å². The van der Waals surface area contributed by atoms with Gasteiger partial charge in [-0.2, -0.15) is 4.98 Å². The van der Waals surface area contributed by atoms with E-state index in [2.05, 4.69) is 20.4 Å². The molecule has 10 heteroatoms. The zero-order valence-corrected chi connectivity index (χ0v) is 20.7. The molecule has 1 aliphatic heterocycles. The number of benzene rings is 2. The van der Waals surface area contributed by atoms with Gasteiger partial charge in [-0.1, -0.05) is 5.16 Å². The number of nitrogens with zero attached hydrogens (tertiary/aromatic N) is 3. The van der Waals surface area contributed by atoms with Crippen LogP contribution in [0.2, 0.25) is 0 Å². The van der Waals surface area contributed by atoms with E-state index in [0.29, 0.717) is 54.2 Å². The molecule has 4 rings (SSSR count). The molecule has 2 heterocycles. The largest absolute Gasteiger partial charge is 0.493 e. The molecule has 0 saturated carbocycles. The van der Waals surface area contributed by atoms with Crippen molar-refractivity contribution in [3.8, 4) is 22.9 Å². The number of amides is 1. The van der Waals surface area contributed by atoms with Gasteiger partial charge in [0.15, 0.2) is 11.5 Å². The van der Waals surface area contributed by atoms with E-state index in [1.54, 1.807) is 57.5 Å². The molecular weight excluding hydrogens is 464 g/mol. The topological polar surface area (TPSA) is 116 Å². The number of hydrogen-bond acceptors (Lipinski definition) is 9. The van der Waals surface area contributed by atoms with Gasteiger partial charge in [0.2, 0.25) is 17.6 Å². The van der Waals surface area contributed by atoms with Gasteiger partial charge in [0.05, 0.1) is 38.9 Å². The average molecular weight is 495 g/mol. The first kappa shape index (κ1) is 25.2. The molecule has 1 N–H and O–H groups in total. The number of likely N-dealkylation sites (tertiary alicyclic amines) is 1. The first-order valence-electron chi connectivity index (χ1n) is 11.9. The summed E-state index contributed by atoms with van der Waals surface area (Å²) in [6, 6.07) is 12.1. The summed E-state index contributed by atoms with van der Waals surface area (Å²) in [4.78, 5) is 31.4. The minimum atomic E-state index is -0.381. The van der Waals surface area contributed by atoms with Crippen molar-refractivity contribution in [3.05, 3.63) is 53.9 Å². The number of nitrogens with one attached hydrogen (secondary N) is 1. The van der Waals surface area contributed by atoms with Crippen LogP contribution in [0.1, 0.15) is 36.0 Å². The Labute approximate surface area is 209 Å². The van der Waals surface area contributed by atoms with Gasteiger partial charge in [-0.25, -0.2) is 4.79 Å². The van der Waals surface area contributed by atoms with Crippen molar-refractivity contribution in [2.45, 2.75) is 26.3 Å². The van der Waals surface area contributed by atoms with Gasteiger partial charge in [-0.15, -0.1) is 0 Å². The van der Waals surface area contributed by atoms with Crippen LogP contribution in [0.3, 0.4) is 0 Å². The van der Waals surface area contributed by atoms with Gasteiger partial charge in [0, 0.05) is 17.8 Å². The maximum absolute atomic E-state index is 12.9. The number of rotatable bonds is 9. The van der Waals surface area contributed by atoms with E-state index in [1.165, 1.54) is 0 Å². The lowest BCUT2D eigenvalue weighted by Gasteiger charge is -2.30. The predicted octanol–water partition coefficient (Wildman–Crippen LogP) is 3.78. The minimum Gasteiger partial charge on any atom is -0.493 e. The molecule has 1 unspecified atom stereocenters. The molecule has 10 nitrogen and oxygen atoms in total. The molecule has 1 atom stereocenters. The van der Waals surface area contributed by atoms with E-state index in [9.17, 15) is 9.59 Å². The van der Waals surface area contributed by atoms with Crippen LogP contribution >= 0.6 is 0 Å². The van der Waals surface area contributed by atoms with E-state index in [1.807, 2.05) is 6.07 Å². The summed E-state index contributed by atoms with van der Waals surface area (Å²) in [5.74, 6) is 1.55. The Hall–Kier alpha value is -3.92. The maximum atomic E-state index is 12.9. The van der Waals surface area contributed by atoms with Crippen LogP contribution in [0.4, 0.5) is 5.69 Å². The third kappa shape index (κ3) is 6.01. The molecule has 0 aliphatic carbocycles. The average Bonchev–Trinajstić information content (AvgIpc) is 3.37. The van der Waals surface area contributed by atoms with Crippen LogP contribution < -0.4 is 14.8 Å². The standard InChI is InChI=1S/C26H30N4O6/c1-4-35-26(32)17-7-10-20(11-8-17)27-25(31)19-6-5-13-30(15-19)16-23-28-24(29-36-23)18-9-12-21(33-2)22(14-18)34-3/h7-12,14,19H,4-6,13,15-16H2,1-3H3,(H,27,31). The summed E-state index contributed by atoms with van der Waals surface area (Å²) in [6.45, 7) is 3.96. The lowest BCUT2D eigenvalue weighted by molar-refractivity contribution is -0.121. The summed E-state index contributed by atoms with van der Waals surface area (Å²) in [5, 5.41) is 7.05. The van der Waals surface area contributed by atoms with Crippen LogP contribution in [0.25, 0.3) is 11.4 Å². The molecule has 1 amide bonds. The fraction of sp³-hybridized carbons (Fsp3) is 0.385. The highest BCUT2D eigenvalue weighted by molar-refractivity contribution is 5.94. The Morgan fingerprint density at radius 2 is 1.89 bits per heavy atom. The van der Waals surface area contributed by atoms with Crippen molar-refractivity contribution in [1.82, 2.24) is 15.0 Å². The van der Waals surface area contributed by atoms with Crippen LogP contribution in [0, 0.1) is 5.92 Å². The second-order valence-electron chi connectivity index (χ2n) is 8.44. The Kier molecular flexibility index (Phi) is 8.17. The monoisotopic (exact) mass is 494 g/mol. The number of carbonyl (C=O) groups is 2. The van der Waals surface area contributed by atoms with Crippen LogP contribution in [0.15, 0.2) is 47.0 Å². The Morgan fingerprint density at radius 3 is 2.61 bits per heavy atom. The molecule has 3 aromatic rings. The smallest absolute Gasteiger partial charge is 0.338 e. The number of ether oxygens (including phenoxy) is 3. The lowest BCUT2D eigenvalue weighted by atomic mass is 9.97. The number of carbonyl (C=O) groups excluding carboxylic acids is 2. The van der Waals surface area contributed by atoms with Crippen molar-refractivity contribution < 1.29 is 28.3 Å². The Morgan fingerprint density at radius 1 is 1.11 bits per heavy atom. The molecule has 0 bridgehead atoms. The molecule has 1 aliphatic rings. The van der Waals surface area contributed by atoms with Crippen molar-refractivity contribution in [2.75, 3.05) is 39.2 Å². The third-order valence-corrected chi connectivity index (χ3v) is 6.01. The van der Waals surface area contributed by atoms with E-state index in [4.69, 9.17) is 18.7 Å². The van der Waals surface area contributed by atoms with Gasteiger partial charge < -0.3 is 24.1 Å². The fourth-order valence-corrected chi connectivity index (χ4v) is 4.16. The minimum absolute atomic E-state index is 0.0554. The zero-order chi connectivity index (χ0) is 25.5. The molecule has 1 aromatic heterocycles. The third-order valence-electron chi connectivity index (χ3n) is 6.01. The van der Waals surface area contributed by atoms with Crippen LogP contribution in [-0.4, -0.2) is 60.8 Å². The van der Waals surface area contributed by atoms with E-state index in [-0.39, 0.29) is 17.8 Å². The molecule has 1 saturated heterocycles. The molecule has 0 radical (unpaired) electrons.